The molecule has 1 N–H and O–H groups in total. The minimum Gasteiger partial charge on any atom is -0.321 e. The van der Waals surface area contributed by atoms with Crippen molar-refractivity contribution < 1.29 is 4.57 Å². The molecule has 2 heterocycles. The van der Waals surface area contributed by atoms with E-state index in [1.807, 2.05) is 0 Å². The fourth-order valence-corrected chi connectivity index (χ4v) is 3.99. The first-order valence-corrected chi connectivity index (χ1v) is 9.57. The topological polar surface area (TPSA) is 24.6 Å². The van der Waals surface area contributed by atoms with Crippen LogP contribution in [0.2, 0.25) is 0 Å². The fraction of sp³-hybridized carbons (Fsp3) is 0.0800. The summed E-state index contributed by atoms with van der Waals surface area (Å²) < 4.78 is 4.45. The number of para-hydroxylation sites is 1. The van der Waals surface area contributed by atoms with E-state index in [-0.39, 0.29) is 6.04 Å². The summed E-state index contributed by atoms with van der Waals surface area (Å²) in [4.78, 5) is 3.56. The third-order valence-corrected chi connectivity index (χ3v) is 5.38. The van der Waals surface area contributed by atoms with Crippen LogP contribution in [0.3, 0.4) is 0 Å². The zero-order valence-corrected chi connectivity index (χ0v) is 15.8. The van der Waals surface area contributed by atoms with E-state index in [1.165, 1.54) is 22.1 Å². The van der Waals surface area contributed by atoms with Gasteiger partial charge in [0.15, 0.2) is 6.04 Å². The largest absolute Gasteiger partial charge is 0.321 e. The van der Waals surface area contributed by atoms with Crippen LogP contribution in [0.15, 0.2) is 104 Å². The number of nitrogens with zero attached hydrogens (tertiary/aromatic N) is 2. The first kappa shape index (κ1) is 16.6. The summed E-state index contributed by atoms with van der Waals surface area (Å²) in [6, 6.07) is 29.9. The summed E-state index contributed by atoms with van der Waals surface area (Å²) in [7, 11) is 0. The van der Waals surface area contributed by atoms with E-state index in [2.05, 4.69) is 125 Å². The molecule has 136 valence electrons. The van der Waals surface area contributed by atoms with Gasteiger partial charge in [-0.05, 0) is 13.0 Å². The van der Waals surface area contributed by atoms with Crippen LogP contribution in [-0.4, -0.2) is 9.55 Å². The molecule has 0 saturated heterocycles. The van der Waals surface area contributed by atoms with Gasteiger partial charge in [-0.1, -0.05) is 78.9 Å². The van der Waals surface area contributed by atoms with Crippen molar-refractivity contribution in [2.45, 2.75) is 13.0 Å². The number of H-pyrrole nitrogens is 1. The zero-order chi connectivity index (χ0) is 18.9. The molecule has 3 heteroatoms. The van der Waals surface area contributed by atoms with E-state index >= 15 is 0 Å². The lowest BCUT2D eigenvalue weighted by molar-refractivity contribution is -0.704. The van der Waals surface area contributed by atoms with Crippen molar-refractivity contribution in [1.29, 1.82) is 0 Å². The number of nitrogens with one attached hydrogen (secondary N) is 1. The van der Waals surface area contributed by atoms with Crippen molar-refractivity contribution in [3.8, 4) is 5.82 Å². The van der Waals surface area contributed by atoms with Crippen molar-refractivity contribution in [3.63, 3.8) is 0 Å². The third kappa shape index (κ3) is 2.81. The monoisotopic (exact) mass is 364 g/mol. The van der Waals surface area contributed by atoms with E-state index in [0.29, 0.717) is 0 Å². The Kier molecular flexibility index (Phi) is 4.06. The molecular weight excluding hydrogens is 342 g/mol. The molecule has 5 aromatic rings. The highest BCUT2D eigenvalue weighted by Crippen LogP contribution is 2.25. The molecule has 0 unspecified atom stereocenters. The van der Waals surface area contributed by atoms with Gasteiger partial charge in [0.1, 0.15) is 12.4 Å². The summed E-state index contributed by atoms with van der Waals surface area (Å²) in [5.74, 6) is 1.11. The highest BCUT2D eigenvalue weighted by Gasteiger charge is 2.23. The van der Waals surface area contributed by atoms with E-state index in [4.69, 9.17) is 0 Å². The Morgan fingerprint density at radius 1 is 0.786 bits per heavy atom. The summed E-state index contributed by atoms with van der Waals surface area (Å²) in [5, 5.41) is 1.26. The second kappa shape index (κ2) is 6.86. The Hall–Kier alpha value is -3.59. The molecule has 0 aliphatic heterocycles. The molecule has 3 nitrogen and oxygen atoms in total. The Morgan fingerprint density at radius 3 is 2.04 bits per heavy atom. The van der Waals surface area contributed by atoms with Gasteiger partial charge in [0, 0.05) is 27.6 Å². The van der Waals surface area contributed by atoms with Crippen molar-refractivity contribution in [2.75, 3.05) is 0 Å². The van der Waals surface area contributed by atoms with Crippen LogP contribution >= 0.6 is 0 Å². The number of aromatic amines is 1. The lowest BCUT2D eigenvalue weighted by atomic mass is 9.99. The Morgan fingerprint density at radius 2 is 1.39 bits per heavy atom. The summed E-state index contributed by atoms with van der Waals surface area (Å²) >= 11 is 0. The van der Waals surface area contributed by atoms with Crippen LogP contribution in [0.5, 0.6) is 0 Å². The Balaban J connectivity index is 1.62. The van der Waals surface area contributed by atoms with Crippen LogP contribution in [0.25, 0.3) is 16.7 Å². The standard InChI is InChI=1S/C25H22N3/c1-19-22-14-8-9-15-23(22)26-25(19)28-17-16-27(18-28)24(20-10-4-2-5-11-20)21-12-6-3-7-13-21/h2-18,24,26H,1H3/q+1. The molecule has 2 aromatic heterocycles. The van der Waals surface area contributed by atoms with E-state index in [9.17, 15) is 0 Å². The normalized spacial score (nSPS) is 11.4. The summed E-state index contributed by atoms with van der Waals surface area (Å²) in [5.41, 5.74) is 4.96. The second-order valence-electron chi connectivity index (χ2n) is 7.14. The lowest BCUT2D eigenvalue weighted by Crippen LogP contribution is -2.38. The Labute approximate surface area is 164 Å². The van der Waals surface area contributed by atoms with Crippen LogP contribution in [0.4, 0.5) is 0 Å². The predicted molar refractivity (Wildman–Crippen MR) is 113 cm³/mol. The maximum atomic E-state index is 3.56. The van der Waals surface area contributed by atoms with Crippen molar-refractivity contribution in [3.05, 3.63) is 120 Å². The molecule has 0 aliphatic rings. The first-order chi connectivity index (χ1) is 13.8. The third-order valence-electron chi connectivity index (χ3n) is 5.38. The maximum absolute atomic E-state index is 3.56. The highest BCUT2D eigenvalue weighted by atomic mass is 15.2. The average Bonchev–Trinajstić information content (AvgIpc) is 3.35. The van der Waals surface area contributed by atoms with Crippen molar-refractivity contribution in [2.24, 2.45) is 0 Å². The number of fused-ring (bicyclic) bond motifs is 1. The van der Waals surface area contributed by atoms with Gasteiger partial charge in [-0.3, -0.25) is 0 Å². The maximum Gasteiger partial charge on any atom is 0.250 e. The minimum atomic E-state index is 0.133. The van der Waals surface area contributed by atoms with Gasteiger partial charge in [0.25, 0.3) is 6.33 Å². The molecule has 0 spiro atoms. The Bertz CT molecular complexity index is 1180. The lowest BCUT2D eigenvalue weighted by Gasteiger charge is -2.14. The second-order valence-corrected chi connectivity index (χ2v) is 7.14. The quantitative estimate of drug-likeness (QED) is 0.424. The van der Waals surface area contributed by atoms with Crippen molar-refractivity contribution in [1.82, 2.24) is 9.55 Å². The van der Waals surface area contributed by atoms with Crippen molar-refractivity contribution >= 4 is 10.9 Å². The molecule has 0 atom stereocenters. The van der Waals surface area contributed by atoms with Crippen LogP contribution in [-0.2, 0) is 0 Å². The number of aromatic nitrogens is 3. The van der Waals surface area contributed by atoms with Gasteiger partial charge in [0.2, 0.25) is 5.82 Å². The summed E-state index contributed by atoms with van der Waals surface area (Å²) in [6.45, 7) is 2.17. The van der Waals surface area contributed by atoms with Gasteiger partial charge < -0.3 is 4.98 Å². The molecule has 5 rings (SSSR count). The number of benzene rings is 3. The molecular formula is C25H22N3+. The molecule has 0 aliphatic carbocycles. The fourth-order valence-electron chi connectivity index (χ4n) is 3.99. The van der Waals surface area contributed by atoms with E-state index in [1.54, 1.807) is 0 Å². The molecule has 0 bridgehead atoms. The molecule has 0 radical (unpaired) electrons. The summed E-state index contributed by atoms with van der Waals surface area (Å²) in [6.07, 6.45) is 6.44. The van der Waals surface area contributed by atoms with Gasteiger partial charge in [-0.25, -0.2) is 4.57 Å². The van der Waals surface area contributed by atoms with Gasteiger partial charge in [-0.2, -0.15) is 4.57 Å². The van der Waals surface area contributed by atoms with Crippen LogP contribution in [0.1, 0.15) is 22.7 Å². The SMILES string of the molecule is Cc1c(-n2cc[n+](C(c3ccccc3)c3ccccc3)c2)[nH]c2ccccc12. The number of hydrogen-bond donors (Lipinski definition) is 1. The van der Waals surface area contributed by atoms with Gasteiger partial charge >= 0.3 is 0 Å². The van der Waals surface area contributed by atoms with Crippen LogP contribution < -0.4 is 4.57 Å². The van der Waals surface area contributed by atoms with Gasteiger partial charge in [0.05, 0.1) is 0 Å². The highest BCUT2D eigenvalue weighted by molar-refractivity contribution is 5.86. The number of rotatable bonds is 4. The number of imidazole rings is 1. The van der Waals surface area contributed by atoms with Crippen LogP contribution in [0, 0.1) is 6.92 Å². The zero-order valence-electron chi connectivity index (χ0n) is 15.8. The predicted octanol–water partition coefficient (Wildman–Crippen LogP) is 5.19. The average molecular weight is 364 g/mol. The number of hydrogen-bond acceptors (Lipinski definition) is 0. The molecule has 0 amide bonds. The van der Waals surface area contributed by atoms with E-state index in [0.717, 1.165) is 11.3 Å². The molecule has 0 saturated carbocycles. The molecule has 0 fully saturated rings. The van der Waals surface area contributed by atoms with E-state index < -0.39 is 0 Å². The minimum absolute atomic E-state index is 0.133. The molecule has 28 heavy (non-hydrogen) atoms. The first-order valence-electron chi connectivity index (χ1n) is 9.57. The molecule has 3 aromatic carbocycles. The smallest absolute Gasteiger partial charge is 0.250 e. The van der Waals surface area contributed by atoms with Gasteiger partial charge in [-0.15, -0.1) is 0 Å². The number of aryl methyl sites for hydroxylation is 1.